The third-order valence-corrected chi connectivity index (χ3v) is 1.45. The van der Waals surface area contributed by atoms with E-state index < -0.39 is 30.2 Å². The molecular weight excluding hydrogens is 342 g/mol. The number of carbonyl (C=O) groups excluding carboxylic acids is 1. The van der Waals surface area contributed by atoms with Gasteiger partial charge in [0.1, 0.15) is 0 Å². The zero-order valence-corrected chi connectivity index (χ0v) is 10.7. The first-order valence-corrected chi connectivity index (χ1v) is 4.99. The third-order valence-electron chi connectivity index (χ3n) is 1.45. The van der Waals surface area contributed by atoms with E-state index >= 15 is 0 Å². The first kappa shape index (κ1) is 22.4. The van der Waals surface area contributed by atoms with E-state index in [0.717, 1.165) is 0 Å². The minimum absolute atomic E-state index is 0.419. The van der Waals surface area contributed by atoms with Gasteiger partial charge in [-0.3, -0.25) is 9.78 Å². The Morgan fingerprint density at radius 1 is 0.870 bits per heavy atom. The minimum atomic E-state index is -5.08. The fourth-order valence-corrected chi connectivity index (χ4v) is 0.516. The molecule has 4 N–H and O–H groups in total. The van der Waals surface area contributed by atoms with Crippen LogP contribution in [0.5, 0.6) is 0 Å². The lowest BCUT2D eigenvalue weighted by Gasteiger charge is -1.93. The highest BCUT2D eigenvalue weighted by atomic mass is 19.4. The van der Waals surface area contributed by atoms with Gasteiger partial charge in [0.2, 0.25) is 5.91 Å². The van der Waals surface area contributed by atoms with Crippen LogP contribution in [0.15, 0.2) is 24.5 Å². The van der Waals surface area contributed by atoms with E-state index in [1.54, 1.807) is 12.1 Å². The minimum Gasteiger partial charge on any atom is -0.475 e. The predicted molar refractivity (Wildman–Crippen MR) is 60.1 cm³/mol. The number of alkyl halides is 6. The van der Waals surface area contributed by atoms with Crippen molar-refractivity contribution in [2.75, 3.05) is 0 Å². The van der Waals surface area contributed by atoms with Gasteiger partial charge in [-0.15, -0.1) is 0 Å². The van der Waals surface area contributed by atoms with Gasteiger partial charge in [0, 0.05) is 18.0 Å². The van der Waals surface area contributed by atoms with E-state index in [9.17, 15) is 31.1 Å². The van der Waals surface area contributed by atoms with Crippen molar-refractivity contribution in [3.8, 4) is 0 Å². The summed E-state index contributed by atoms with van der Waals surface area (Å²) in [4.78, 5) is 31.9. The van der Waals surface area contributed by atoms with E-state index in [4.69, 9.17) is 25.5 Å². The summed E-state index contributed by atoms with van der Waals surface area (Å²) in [5.74, 6) is -5.93. The second-order valence-electron chi connectivity index (χ2n) is 3.21. The summed E-state index contributed by atoms with van der Waals surface area (Å²) in [6.45, 7) is 0. The van der Waals surface area contributed by atoms with Crippen molar-refractivity contribution in [2.24, 2.45) is 5.73 Å². The molecule has 1 aromatic rings. The Balaban J connectivity index is 0. The number of nitrogens with two attached hydrogens (primary N) is 1. The first-order valence-electron chi connectivity index (χ1n) is 4.99. The average Bonchev–Trinajstić information content (AvgIpc) is 2.38. The summed E-state index contributed by atoms with van der Waals surface area (Å²) in [6, 6.07) is 3.14. The van der Waals surface area contributed by atoms with Crippen LogP contribution in [-0.2, 0) is 9.59 Å². The van der Waals surface area contributed by atoms with Crippen molar-refractivity contribution in [1.29, 1.82) is 0 Å². The molecule has 0 aliphatic carbocycles. The quantitative estimate of drug-likeness (QED) is 0.657. The Kier molecular flexibility index (Phi) is 8.99. The third kappa shape index (κ3) is 12.6. The lowest BCUT2D eigenvalue weighted by molar-refractivity contribution is -0.193. The number of amides is 1. The van der Waals surface area contributed by atoms with Crippen molar-refractivity contribution >= 4 is 17.8 Å². The van der Waals surface area contributed by atoms with Gasteiger partial charge in [-0.25, -0.2) is 9.59 Å². The lowest BCUT2D eigenvalue weighted by Crippen LogP contribution is -2.21. The van der Waals surface area contributed by atoms with Crippen molar-refractivity contribution < 1.29 is 50.9 Å². The van der Waals surface area contributed by atoms with Crippen LogP contribution in [0, 0.1) is 0 Å². The number of carbonyl (C=O) groups is 3. The monoisotopic (exact) mass is 350 g/mol. The summed E-state index contributed by atoms with van der Waals surface area (Å²) >= 11 is 0. The molecule has 0 radical (unpaired) electrons. The zero-order valence-electron chi connectivity index (χ0n) is 10.7. The Morgan fingerprint density at radius 3 is 1.26 bits per heavy atom. The Labute approximate surface area is 123 Å². The van der Waals surface area contributed by atoms with Gasteiger partial charge in [0.05, 0.1) is 0 Å². The van der Waals surface area contributed by atoms with Crippen molar-refractivity contribution in [3.63, 3.8) is 0 Å². The SMILES string of the molecule is NC(=O)c1ccncc1.O=C(O)C(F)(F)F.O=C(O)C(F)(F)F. The van der Waals surface area contributed by atoms with Crippen molar-refractivity contribution in [1.82, 2.24) is 4.98 Å². The fourth-order valence-electron chi connectivity index (χ4n) is 0.516. The molecule has 0 bridgehead atoms. The van der Waals surface area contributed by atoms with Gasteiger partial charge in [-0.2, -0.15) is 26.3 Å². The molecular formula is C10H8F6N2O5. The molecule has 23 heavy (non-hydrogen) atoms. The van der Waals surface area contributed by atoms with E-state index in [1.165, 1.54) is 12.4 Å². The summed E-state index contributed by atoms with van der Waals surface area (Å²) in [7, 11) is 0. The molecule has 0 aliphatic heterocycles. The molecule has 0 aromatic carbocycles. The molecule has 0 unspecified atom stereocenters. The summed E-state index contributed by atoms with van der Waals surface area (Å²) in [5, 5.41) is 14.2. The fraction of sp³-hybridized carbons (Fsp3) is 0.200. The molecule has 1 rings (SSSR count). The average molecular weight is 350 g/mol. The van der Waals surface area contributed by atoms with Crippen molar-refractivity contribution in [2.45, 2.75) is 12.4 Å². The number of pyridine rings is 1. The van der Waals surface area contributed by atoms with E-state index in [1.807, 2.05) is 0 Å². The number of hydrogen-bond acceptors (Lipinski definition) is 4. The first-order chi connectivity index (χ1) is 10.2. The van der Waals surface area contributed by atoms with Gasteiger partial charge in [0.15, 0.2) is 0 Å². The number of aromatic nitrogens is 1. The maximum atomic E-state index is 10.6. The molecule has 7 nitrogen and oxygen atoms in total. The molecule has 13 heteroatoms. The number of aliphatic carboxylic acids is 2. The standard InChI is InChI=1S/C6H6N2O.2C2HF3O2/c7-6(9)5-1-3-8-4-2-5;2*3-2(4,5)1(6)7/h1-4H,(H2,7,9);2*(H,6,7). The molecule has 1 aromatic heterocycles. The Bertz CT molecular complexity index is 505. The topological polar surface area (TPSA) is 131 Å². The van der Waals surface area contributed by atoms with Crippen LogP contribution in [-0.4, -0.2) is 45.4 Å². The zero-order chi connectivity index (χ0) is 18.8. The van der Waals surface area contributed by atoms with Crippen LogP contribution < -0.4 is 5.73 Å². The summed E-state index contributed by atoms with van der Waals surface area (Å²) in [5.41, 5.74) is 5.44. The molecule has 0 fully saturated rings. The van der Waals surface area contributed by atoms with E-state index in [-0.39, 0.29) is 0 Å². The molecule has 0 saturated carbocycles. The number of hydrogen-bond donors (Lipinski definition) is 3. The van der Waals surface area contributed by atoms with Gasteiger partial charge in [-0.1, -0.05) is 0 Å². The van der Waals surface area contributed by atoms with Crippen LogP contribution in [0.25, 0.3) is 0 Å². The van der Waals surface area contributed by atoms with Crippen LogP contribution in [0.1, 0.15) is 10.4 Å². The van der Waals surface area contributed by atoms with Gasteiger partial charge in [0.25, 0.3) is 0 Å². The maximum Gasteiger partial charge on any atom is 0.490 e. The van der Waals surface area contributed by atoms with Crippen LogP contribution in [0.4, 0.5) is 26.3 Å². The largest absolute Gasteiger partial charge is 0.490 e. The van der Waals surface area contributed by atoms with Crippen molar-refractivity contribution in [3.05, 3.63) is 30.1 Å². The second kappa shape index (κ2) is 9.22. The number of primary amides is 1. The molecule has 1 amide bonds. The number of nitrogens with zero attached hydrogens (tertiary/aromatic N) is 1. The smallest absolute Gasteiger partial charge is 0.475 e. The highest BCUT2D eigenvalue weighted by Crippen LogP contribution is 2.13. The lowest BCUT2D eigenvalue weighted by atomic mass is 10.3. The maximum absolute atomic E-state index is 10.6. The summed E-state index contributed by atoms with van der Waals surface area (Å²) in [6.07, 6.45) is -7.11. The number of carboxylic acids is 2. The number of rotatable bonds is 1. The molecule has 0 aliphatic rings. The van der Waals surface area contributed by atoms with E-state index in [0.29, 0.717) is 5.56 Å². The van der Waals surface area contributed by atoms with Gasteiger partial charge >= 0.3 is 24.3 Å². The predicted octanol–water partition coefficient (Wildman–Crippen LogP) is 1.45. The number of halogens is 6. The van der Waals surface area contributed by atoms with Gasteiger partial charge in [-0.05, 0) is 12.1 Å². The second-order valence-corrected chi connectivity index (χ2v) is 3.21. The summed E-state index contributed by atoms with van der Waals surface area (Å²) < 4.78 is 63.5. The molecule has 0 spiro atoms. The molecule has 1 heterocycles. The highest BCUT2D eigenvalue weighted by Gasteiger charge is 2.38. The Morgan fingerprint density at radius 2 is 1.13 bits per heavy atom. The molecule has 0 atom stereocenters. The van der Waals surface area contributed by atoms with Crippen LogP contribution >= 0.6 is 0 Å². The molecule has 130 valence electrons. The van der Waals surface area contributed by atoms with Crippen LogP contribution in [0.3, 0.4) is 0 Å². The van der Waals surface area contributed by atoms with Gasteiger partial charge < -0.3 is 15.9 Å². The Hall–Kier alpha value is -2.86. The number of carboxylic acid groups (broad SMARTS) is 2. The van der Waals surface area contributed by atoms with E-state index in [2.05, 4.69) is 4.98 Å². The highest BCUT2D eigenvalue weighted by molar-refractivity contribution is 5.92. The molecule has 0 saturated heterocycles. The normalized spacial score (nSPS) is 10.3. The van der Waals surface area contributed by atoms with Crippen LogP contribution in [0.2, 0.25) is 0 Å².